The van der Waals surface area contributed by atoms with E-state index in [1.165, 1.54) is 11.1 Å². The minimum Gasteiger partial charge on any atom is -0.330 e. The maximum atomic E-state index is 5.71. The van der Waals surface area contributed by atoms with Crippen LogP contribution in [-0.4, -0.2) is 16.5 Å². The van der Waals surface area contributed by atoms with Crippen molar-refractivity contribution in [1.29, 1.82) is 0 Å². The second-order valence-corrected chi connectivity index (χ2v) is 3.73. The Bertz CT molecular complexity index is 546. The Kier molecular flexibility index (Phi) is 1.79. The number of nitrogens with zero attached hydrogens (tertiary/aromatic N) is 2. The highest BCUT2D eigenvalue weighted by atomic mass is 14.8. The predicted octanol–water partition coefficient (Wildman–Crippen LogP) is 1.70. The van der Waals surface area contributed by atoms with Crippen LogP contribution in [0.2, 0.25) is 0 Å². The number of hydrogen-bond donors (Lipinski definition) is 1. The maximum absolute atomic E-state index is 5.71. The summed E-state index contributed by atoms with van der Waals surface area (Å²) in [6.45, 7) is 0.648. The standard InChI is InChI=1S/C12H11N3/c13-7-9-2-1-8-5-11-12(6-10(8)9)15-4-3-14-11/h1-6,9H,7,13H2. The Labute approximate surface area is 87.7 Å². The third-order valence-electron chi connectivity index (χ3n) is 2.84. The van der Waals surface area contributed by atoms with Crippen molar-refractivity contribution < 1.29 is 0 Å². The summed E-state index contributed by atoms with van der Waals surface area (Å²) >= 11 is 0. The van der Waals surface area contributed by atoms with Gasteiger partial charge < -0.3 is 5.73 Å². The molecule has 15 heavy (non-hydrogen) atoms. The van der Waals surface area contributed by atoms with Gasteiger partial charge in [-0.3, -0.25) is 9.97 Å². The van der Waals surface area contributed by atoms with Crippen LogP contribution in [0.15, 0.2) is 30.6 Å². The summed E-state index contributed by atoms with van der Waals surface area (Å²) in [7, 11) is 0. The molecule has 3 rings (SSSR count). The van der Waals surface area contributed by atoms with Crippen molar-refractivity contribution in [3.63, 3.8) is 0 Å². The summed E-state index contributed by atoms with van der Waals surface area (Å²) in [5.41, 5.74) is 10.1. The average Bonchev–Trinajstić information content (AvgIpc) is 2.68. The highest BCUT2D eigenvalue weighted by Crippen LogP contribution is 2.31. The Morgan fingerprint density at radius 2 is 1.87 bits per heavy atom. The van der Waals surface area contributed by atoms with Crippen LogP contribution in [0.5, 0.6) is 0 Å². The van der Waals surface area contributed by atoms with Gasteiger partial charge in [0.25, 0.3) is 0 Å². The van der Waals surface area contributed by atoms with Gasteiger partial charge in [-0.15, -0.1) is 0 Å². The molecule has 1 aromatic heterocycles. The van der Waals surface area contributed by atoms with E-state index >= 15 is 0 Å². The fraction of sp³-hybridized carbons (Fsp3) is 0.167. The molecular formula is C12H11N3. The molecule has 0 saturated heterocycles. The number of aromatic nitrogens is 2. The van der Waals surface area contributed by atoms with E-state index in [1.807, 2.05) is 0 Å². The third-order valence-corrected chi connectivity index (χ3v) is 2.84. The molecule has 0 amide bonds. The first-order chi connectivity index (χ1) is 7.38. The zero-order valence-corrected chi connectivity index (χ0v) is 8.22. The number of hydrogen-bond acceptors (Lipinski definition) is 3. The second-order valence-electron chi connectivity index (χ2n) is 3.73. The summed E-state index contributed by atoms with van der Waals surface area (Å²) in [5.74, 6) is 0.339. The molecule has 0 spiro atoms. The van der Waals surface area contributed by atoms with Gasteiger partial charge in [0, 0.05) is 24.9 Å². The predicted molar refractivity (Wildman–Crippen MR) is 60.4 cm³/mol. The van der Waals surface area contributed by atoms with Crippen LogP contribution in [0.3, 0.4) is 0 Å². The normalized spacial score (nSPS) is 18.3. The van der Waals surface area contributed by atoms with Crippen molar-refractivity contribution in [1.82, 2.24) is 9.97 Å². The summed E-state index contributed by atoms with van der Waals surface area (Å²) in [6, 6.07) is 4.17. The van der Waals surface area contributed by atoms with Crippen LogP contribution in [-0.2, 0) is 0 Å². The van der Waals surface area contributed by atoms with Crippen LogP contribution in [0.1, 0.15) is 17.0 Å². The molecule has 1 aliphatic carbocycles. The monoisotopic (exact) mass is 197 g/mol. The molecule has 0 bridgehead atoms. The Balaban J connectivity index is 2.27. The number of nitrogens with two attached hydrogens (primary N) is 1. The first-order valence-electron chi connectivity index (χ1n) is 5.01. The van der Waals surface area contributed by atoms with Crippen LogP contribution in [0.4, 0.5) is 0 Å². The van der Waals surface area contributed by atoms with Crippen molar-refractivity contribution in [2.45, 2.75) is 5.92 Å². The van der Waals surface area contributed by atoms with E-state index in [-0.39, 0.29) is 0 Å². The van der Waals surface area contributed by atoms with Crippen LogP contribution >= 0.6 is 0 Å². The summed E-state index contributed by atoms with van der Waals surface area (Å²) in [5, 5.41) is 0. The molecule has 0 saturated carbocycles. The number of benzene rings is 1. The summed E-state index contributed by atoms with van der Waals surface area (Å²) in [6.07, 6.45) is 7.69. The molecule has 1 atom stereocenters. The molecule has 1 unspecified atom stereocenters. The zero-order chi connectivity index (χ0) is 10.3. The Hall–Kier alpha value is -1.74. The van der Waals surface area contributed by atoms with E-state index in [0.29, 0.717) is 12.5 Å². The Morgan fingerprint density at radius 3 is 2.60 bits per heavy atom. The highest BCUT2D eigenvalue weighted by molar-refractivity contribution is 5.81. The molecule has 2 N–H and O–H groups in total. The van der Waals surface area contributed by atoms with Crippen molar-refractivity contribution in [3.05, 3.63) is 41.7 Å². The fourth-order valence-corrected chi connectivity index (χ4v) is 2.04. The molecule has 3 nitrogen and oxygen atoms in total. The average molecular weight is 197 g/mol. The van der Waals surface area contributed by atoms with Crippen molar-refractivity contribution in [2.24, 2.45) is 5.73 Å². The lowest BCUT2D eigenvalue weighted by molar-refractivity contribution is 0.864. The minimum atomic E-state index is 0.339. The molecule has 2 aromatic rings. The molecule has 0 fully saturated rings. The Morgan fingerprint density at radius 1 is 1.13 bits per heavy atom. The largest absolute Gasteiger partial charge is 0.330 e. The minimum absolute atomic E-state index is 0.339. The highest BCUT2D eigenvalue weighted by Gasteiger charge is 2.16. The summed E-state index contributed by atoms with van der Waals surface area (Å²) < 4.78 is 0. The van der Waals surface area contributed by atoms with E-state index in [2.05, 4.69) is 34.3 Å². The van der Waals surface area contributed by atoms with Crippen LogP contribution < -0.4 is 5.73 Å². The van der Waals surface area contributed by atoms with Crippen molar-refractivity contribution in [3.8, 4) is 0 Å². The lowest BCUT2D eigenvalue weighted by Gasteiger charge is -2.08. The summed E-state index contributed by atoms with van der Waals surface area (Å²) in [4.78, 5) is 8.58. The van der Waals surface area contributed by atoms with Gasteiger partial charge >= 0.3 is 0 Å². The van der Waals surface area contributed by atoms with Gasteiger partial charge in [-0.25, -0.2) is 0 Å². The van der Waals surface area contributed by atoms with Gasteiger partial charge in [-0.1, -0.05) is 12.2 Å². The zero-order valence-electron chi connectivity index (χ0n) is 8.22. The van der Waals surface area contributed by atoms with Gasteiger partial charge in [0.2, 0.25) is 0 Å². The SMILES string of the molecule is NCC1C=Cc2cc3nccnc3cc21. The van der Waals surface area contributed by atoms with Gasteiger partial charge in [-0.2, -0.15) is 0 Å². The van der Waals surface area contributed by atoms with E-state index < -0.39 is 0 Å². The molecule has 3 heteroatoms. The topological polar surface area (TPSA) is 51.8 Å². The van der Waals surface area contributed by atoms with Crippen molar-refractivity contribution in [2.75, 3.05) is 6.54 Å². The number of fused-ring (bicyclic) bond motifs is 2. The lowest BCUT2D eigenvalue weighted by Crippen LogP contribution is -2.08. The van der Waals surface area contributed by atoms with Gasteiger partial charge in [0.15, 0.2) is 0 Å². The van der Waals surface area contributed by atoms with Crippen molar-refractivity contribution >= 4 is 17.1 Å². The van der Waals surface area contributed by atoms with Crippen LogP contribution in [0.25, 0.3) is 17.1 Å². The van der Waals surface area contributed by atoms with E-state index in [9.17, 15) is 0 Å². The first-order valence-corrected chi connectivity index (χ1v) is 5.01. The first kappa shape index (κ1) is 8.56. The van der Waals surface area contributed by atoms with E-state index in [4.69, 9.17) is 5.73 Å². The maximum Gasteiger partial charge on any atom is 0.0892 e. The molecular weight excluding hydrogens is 186 g/mol. The molecule has 1 heterocycles. The molecule has 0 aliphatic heterocycles. The second kappa shape index (κ2) is 3.14. The smallest absolute Gasteiger partial charge is 0.0892 e. The van der Waals surface area contributed by atoms with E-state index in [1.54, 1.807) is 12.4 Å². The number of rotatable bonds is 1. The van der Waals surface area contributed by atoms with Crippen LogP contribution in [0, 0.1) is 0 Å². The van der Waals surface area contributed by atoms with Gasteiger partial charge in [0.1, 0.15) is 0 Å². The fourth-order valence-electron chi connectivity index (χ4n) is 2.04. The molecule has 1 aliphatic rings. The lowest BCUT2D eigenvalue weighted by atomic mass is 10.0. The van der Waals surface area contributed by atoms with E-state index in [0.717, 1.165) is 11.0 Å². The molecule has 74 valence electrons. The molecule has 0 radical (unpaired) electrons. The molecule has 1 aromatic carbocycles. The van der Waals surface area contributed by atoms with Gasteiger partial charge in [0.05, 0.1) is 11.0 Å². The quantitative estimate of drug-likeness (QED) is 0.757. The van der Waals surface area contributed by atoms with Gasteiger partial charge in [-0.05, 0) is 23.3 Å². The third kappa shape index (κ3) is 1.24.